The van der Waals surface area contributed by atoms with Gasteiger partial charge in [-0.2, -0.15) is 0 Å². The summed E-state index contributed by atoms with van der Waals surface area (Å²) in [5.41, 5.74) is 7.27. The molecule has 134 valence electrons. The highest BCUT2D eigenvalue weighted by atomic mass is 79.9. The normalized spacial score (nSPS) is 14.5. The first-order chi connectivity index (χ1) is 13.6. The molecule has 1 aliphatic rings. The van der Waals surface area contributed by atoms with Crippen LogP contribution in [0.5, 0.6) is 0 Å². The van der Waals surface area contributed by atoms with E-state index in [4.69, 9.17) is 4.98 Å². The molecule has 0 spiro atoms. The Labute approximate surface area is 171 Å². The molecule has 5 aromatic rings. The predicted octanol–water partition coefficient (Wildman–Crippen LogP) is 7.01. The van der Waals surface area contributed by atoms with E-state index in [1.54, 1.807) is 12.4 Å². The van der Waals surface area contributed by atoms with E-state index in [0.29, 0.717) is 0 Å². The zero-order valence-corrected chi connectivity index (χ0v) is 17.2. The molecule has 0 radical (unpaired) electrons. The van der Waals surface area contributed by atoms with Crippen LogP contribution >= 0.6 is 15.9 Å². The summed E-state index contributed by atoms with van der Waals surface area (Å²) in [4.78, 5) is 9.39. The molecule has 28 heavy (non-hydrogen) atoms. The van der Waals surface area contributed by atoms with Crippen molar-refractivity contribution in [3.63, 3.8) is 0 Å². The molecule has 6 rings (SSSR count). The summed E-state index contributed by atoms with van der Waals surface area (Å²) in [6, 6.07) is 19.9. The van der Waals surface area contributed by atoms with Gasteiger partial charge in [0.2, 0.25) is 0 Å². The Balaban J connectivity index is 1.86. The fourth-order valence-corrected chi connectivity index (χ4v) is 5.21. The van der Waals surface area contributed by atoms with Crippen LogP contribution in [0.1, 0.15) is 25.0 Å². The summed E-state index contributed by atoms with van der Waals surface area (Å²) in [7, 11) is 0. The Morgan fingerprint density at radius 3 is 2.14 bits per heavy atom. The van der Waals surface area contributed by atoms with Gasteiger partial charge in [0.15, 0.2) is 0 Å². The fraction of sp³-hybridized carbons (Fsp3) is 0.120. The van der Waals surface area contributed by atoms with Gasteiger partial charge < -0.3 is 0 Å². The third kappa shape index (κ3) is 1.97. The average molecular weight is 425 g/mol. The molecule has 1 aromatic heterocycles. The molecule has 3 heteroatoms. The third-order valence-corrected chi connectivity index (χ3v) is 6.70. The maximum atomic E-state index is 4.72. The monoisotopic (exact) mass is 424 g/mol. The Bertz CT molecular complexity index is 1450. The third-order valence-electron chi connectivity index (χ3n) is 6.20. The van der Waals surface area contributed by atoms with E-state index >= 15 is 0 Å². The number of rotatable bonds is 0. The molecule has 0 aliphatic heterocycles. The van der Waals surface area contributed by atoms with Gasteiger partial charge in [-0.05, 0) is 57.3 Å². The van der Waals surface area contributed by atoms with Gasteiger partial charge >= 0.3 is 0 Å². The van der Waals surface area contributed by atoms with Gasteiger partial charge in [-0.3, -0.25) is 9.97 Å². The molecule has 0 atom stereocenters. The molecule has 0 saturated carbocycles. The van der Waals surface area contributed by atoms with E-state index in [2.05, 4.69) is 89.4 Å². The summed E-state index contributed by atoms with van der Waals surface area (Å²) >= 11 is 3.65. The van der Waals surface area contributed by atoms with Crippen LogP contribution in [0.3, 0.4) is 0 Å². The molecule has 0 saturated heterocycles. The SMILES string of the molecule is CC1(C)c2ccc(Br)cc2-c2cc3c(cc21)c1ccccc1c1nccnc31. The minimum absolute atomic E-state index is 0.0298. The number of hydrogen-bond acceptors (Lipinski definition) is 2. The second-order valence-corrected chi connectivity index (χ2v) is 8.97. The van der Waals surface area contributed by atoms with Gasteiger partial charge in [-0.15, -0.1) is 0 Å². The second-order valence-electron chi connectivity index (χ2n) is 8.06. The van der Waals surface area contributed by atoms with Crippen LogP contribution < -0.4 is 0 Å². The summed E-state index contributed by atoms with van der Waals surface area (Å²) < 4.78 is 1.11. The van der Waals surface area contributed by atoms with Crippen molar-refractivity contribution in [3.05, 3.63) is 82.6 Å². The van der Waals surface area contributed by atoms with E-state index < -0.39 is 0 Å². The molecule has 1 heterocycles. The second kappa shape index (κ2) is 5.39. The van der Waals surface area contributed by atoms with E-state index in [9.17, 15) is 0 Å². The molecule has 0 N–H and O–H groups in total. The first-order valence-electron chi connectivity index (χ1n) is 9.46. The van der Waals surface area contributed by atoms with Gasteiger partial charge in [-0.1, -0.05) is 60.1 Å². The van der Waals surface area contributed by atoms with Crippen molar-refractivity contribution in [1.29, 1.82) is 0 Å². The summed E-state index contributed by atoms with van der Waals surface area (Å²) in [5, 5.41) is 4.82. The van der Waals surface area contributed by atoms with Crippen molar-refractivity contribution < 1.29 is 0 Å². The van der Waals surface area contributed by atoms with Crippen molar-refractivity contribution in [2.45, 2.75) is 19.3 Å². The molecule has 0 unspecified atom stereocenters. The van der Waals surface area contributed by atoms with Crippen LogP contribution in [0.4, 0.5) is 0 Å². The van der Waals surface area contributed by atoms with Crippen LogP contribution in [0.25, 0.3) is 43.7 Å². The molecular weight excluding hydrogens is 408 g/mol. The van der Waals surface area contributed by atoms with Crippen molar-refractivity contribution in [1.82, 2.24) is 9.97 Å². The van der Waals surface area contributed by atoms with Gasteiger partial charge in [0.05, 0.1) is 11.0 Å². The highest BCUT2D eigenvalue weighted by Crippen LogP contribution is 2.51. The van der Waals surface area contributed by atoms with E-state index in [1.165, 1.54) is 38.4 Å². The van der Waals surface area contributed by atoms with Gasteiger partial charge in [0.1, 0.15) is 0 Å². The quantitative estimate of drug-likeness (QED) is 0.250. The zero-order chi connectivity index (χ0) is 19.0. The number of fused-ring (bicyclic) bond motifs is 9. The average Bonchev–Trinajstić information content (AvgIpc) is 2.93. The topological polar surface area (TPSA) is 25.8 Å². The van der Waals surface area contributed by atoms with Crippen LogP contribution in [-0.2, 0) is 5.41 Å². The molecule has 1 aliphatic carbocycles. The Morgan fingerprint density at radius 2 is 1.36 bits per heavy atom. The maximum absolute atomic E-state index is 4.72. The lowest BCUT2D eigenvalue weighted by molar-refractivity contribution is 0.661. The first kappa shape index (κ1) is 16.2. The predicted molar refractivity (Wildman–Crippen MR) is 120 cm³/mol. The largest absolute Gasteiger partial charge is 0.252 e. The number of benzene rings is 4. The van der Waals surface area contributed by atoms with Crippen LogP contribution in [0, 0.1) is 0 Å². The smallest absolute Gasteiger partial charge is 0.0971 e. The van der Waals surface area contributed by atoms with E-state index in [0.717, 1.165) is 20.9 Å². The van der Waals surface area contributed by atoms with Gasteiger partial charge in [-0.25, -0.2) is 0 Å². The standard InChI is InChI=1S/C25H17BrN2/c1-25(2)21-8-7-14(26)11-18(21)19-12-20-17(13-22(19)25)15-5-3-4-6-16(15)23-24(20)28-10-9-27-23/h3-13H,1-2H3. The maximum Gasteiger partial charge on any atom is 0.0971 e. The van der Waals surface area contributed by atoms with E-state index in [1.807, 2.05) is 0 Å². The lowest BCUT2D eigenvalue weighted by Gasteiger charge is -2.22. The first-order valence-corrected chi connectivity index (χ1v) is 10.2. The van der Waals surface area contributed by atoms with Crippen molar-refractivity contribution in [2.75, 3.05) is 0 Å². The van der Waals surface area contributed by atoms with Gasteiger partial charge in [0.25, 0.3) is 0 Å². The summed E-state index contributed by atoms with van der Waals surface area (Å²) in [6.07, 6.45) is 3.57. The summed E-state index contributed by atoms with van der Waals surface area (Å²) in [6.45, 7) is 4.64. The van der Waals surface area contributed by atoms with Crippen molar-refractivity contribution in [2.24, 2.45) is 0 Å². The minimum Gasteiger partial charge on any atom is -0.252 e. The molecule has 0 bridgehead atoms. The Morgan fingerprint density at radius 1 is 0.679 bits per heavy atom. The highest BCUT2D eigenvalue weighted by Gasteiger charge is 2.36. The minimum atomic E-state index is -0.0298. The molecule has 0 fully saturated rings. The highest BCUT2D eigenvalue weighted by molar-refractivity contribution is 9.10. The van der Waals surface area contributed by atoms with E-state index in [-0.39, 0.29) is 5.41 Å². The molecule has 2 nitrogen and oxygen atoms in total. The van der Waals surface area contributed by atoms with Crippen molar-refractivity contribution >= 4 is 48.5 Å². The number of halogens is 1. The van der Waals surface area contributed by atoms with Crippen LogP contribution in [0.2, 0.25) is 0 Å². The van der Waals surface area contributed by atoms with Crippen LogP contribution in [0.15, 0.2) is 71.5 Å². The number of hydrogen-bond donors (Lipinski definition) is 0. The lowest BCUT2D eigenvalue weighted by Crippen LogP contribution is -2.14. The van der Waals surface area contributed by atoms with Crippen molar-refractivity contribution in [3.8, 4) is 11.1 Å². The van der Waals surface area contributed by atoms with Gasteiger partial charge in [0, 0.05) is 33.1 Å². The number of nitrogens with zero attached hydrogens (tertiary/aromatic N) is 2. The molecule has 4 aromatic carbocycles. The summed E-state index contributed by atoms with van der Waals surface area (Å²) in [5.74, 6) is 0. The molecular formula is C25H17BrN2. The molecule has 0 amide bonds. The Kier molecular flexibility index (Phi) is 3.12. The zero-order valence-electron chi connectivity index (χ0n) is 15.6. The van der Waals surface area contributed by atoms with Crippen LogP contribution in [-0.4, -0.2) is 9.97 Å². The Hall–Kier alpha value is -2.78. The number of aromatic nitrogens is 2. The fourth-order valence-electron chi connectivity index (χ4n) is 4.84. The lowest BCUT2D eigenvalue weighted by atomic mass is 9.81.